The fourth-order valence-electron chi connectivity index (χ4n) is 3.27. The molecule has 152 valence electrons. The highest BCUT2D eigenvalue weighted by Gasteiger charge is 2.36. The van der Waals surface area contributed by atoms with Crippen LogP contribution in [0.2, 0.25) is 10.0 Å². The summed E-state index contributed by atoms with van der Waals surface area (Å²) in [4.78, 5) is 36.3. The molecule has 1 saturated heterocycles. The predicted octanol–water partition coefficient (Wildman–Crippen LogP) is 5.12. The summed E-state index contributed by atoms with van der Waals surface area (Å²) in [6.45, 7) is -0.118. The van der Waals surface area contributed by atoms with Crippen LogP contribution in [0, 0.1) is 0 Å². The van der Waals surface area contributed by atoms with Crippen molar-refractivity contribution in [1.82, 2.24) is 9.47 Å². The lowest BCUT2D eigenvalue weighted by Crippen LogP contribution is -2.33. The van der Waals surface area contributed by atoms with E-state index in [0.717, 1.165) is 38.7 Å². The summed E-state index contributed by atoms with van der Waals surface area (Å²) >= 11 is 12.9. The number of halogens is 2. The van der Waals surface area contributed by atoms with E-state index in [-0.39, 0.29) is 4.91 Å². The highest BCUT2D eigenvalue weighted by atomic mass is 35.5. The number of fused-ring (bicyclic) bond motifs is 1. The Balaban J connectivity index is 1.71. The molecule has 0 bridgehead atoms. The Kier molecular flexibility index (Phi) is 5.60. The van der Waals surface area contributed by atoms with Crippen molar-refractivity contribution >= 4 is 69.1 Å². The number of imide groups is 1. The second-order valence-corrected chi connectivity index (χ2v) is 8.45. The quantitative estimate of drug-likeness (QED) is 0.534. The molecule has 0 spiro atoms. The van der Waals surface area contributed by atoms with E-state index in [1.54, 1.807) is 18.2 Å². The summed E-state index contributed by atoms with van der Waals surface area (Å²) in [6, 6.07) is 13.1. The summed E-state index contributed by atoms with van der Waals surface area (Å²) < 4.78 is 2.02. The number of hydrogen-bond acceptors (Lipinski definition) is 4. The number of nitrogens with zero attached hydrogens (tertiary/aromatic N) is 2. The van der Waals surface area contributed by atoms with Gasteiger partial charge >= 0.3 is 5.97 Å². The minimum absolute atomic E-state index is 0.193. The third-order valence-electron chi connectivity index (χ3n) is 4.61. The number of para-hydroxylation sites is 1. The van der Waals surface area contributed by atoms with E-state index in [4.69, 9.17) is 28.3 Å². The molecule has 2 heterocycles. The molecule has 4 rings (SSSR count). The van der Waals surface area contributed by atoms with E-state index >= 15 is 0 Å². The molecule has 1 aliphatic rings. The molecular formula is C21H14Cl2N2O4S. The first-order valence-corrected chi connectivity index (χ1v) is 10.4. The monoisotopic (exact) mass is 460 g/mol. The molecule has 30 heavy (non-hydrogen) atoms. The van der Waals surface area contributed by atoms with Crippen molar-refractivity contribution < 1.29 is 19.5 Å². The Morgan fingerprint density at radius 2 is 1.87 bits per heavy atom. The second kappa shape index (κ2) is 8.18. The maximum Gasteiger partial charge on any atom is 0.323 e. The zero-order valence-corrected chi connectivity index (χ0v) is 17.7. The van der Waals surface area contributed by atoms with Gasteiger partial charge in [0.25, 0.3) is 11.1 Å². The van der Waals surface area contributed by atoms with Gasteiger partial charge in [-0.05, 0) is 41.6 Å². The van der Waals surface area contributed by atoms with Crippen molar-refractivity contribution in [2.75, 3.05) is 6.54 Å². The Hall–Kier alpha value is -2.74. The largest absolute Gasteiger partial charge is 0.480 e. The van der Waals surface area contributed by atoms with Gasteiger partial charge < -0.3 is 9.67 Å². The van der Waals surface area contributed by atoms with E-state index < -0.39 is 23.7 Å². The number of rotatable bonds is 5. The molecule has 1 fully saturated rings. The molecule has 6 nitrogen and oxygen atoms in total. The first kappa shape index (κ1) is 20.5. The lowest BCUT2D eigenvalue weighted by atomic mass is 10.1. The van der Waals surface area contributed by atoms with Crippen LogP contribution in [0.4, 0.5) is 4.79 Å². The first-order valence-electron chi connectivity index (χ1n) is 8.82. The molecule has 0 radical (unpaired) electrons. The Morgan fingerprint density at radius 3 is 2.60 bits per heavy atom. The van der Waals surface area contributed by atoms with Crippen LogP contribution in [0.1, 0.15) is 11.1 Å². The molecule has 1 aromatic heterocycles. The molecule has 0 unspecified atom stereocenters. The molecule has 0 atom stereocenters. The van der Waals surface area contributed by atoms with Crippen molar-refractivity contribution in [3.05, 3.63) is 74.7 Å². The highest BCUT2D eigenvalue weighted by Crippen LogP contribution is 2.34. The van der Waals surface area contributed by atoms with Gasteiger partial charge in [-0.25, -0.2) is 0 Å². The van der Waals surface area contributed by atoms with Crippen molar-refractivity contribution in [2.24, 2.45) is 0 Å². The first-order chi connectivity index (χ1) is 14.3. The van der Waals surface area contributed by atoms with Crippen LogP contribution in [0.15, 0.2) is 53.6 Å². The van der Waals surface area contributed by atoms with Crippen LogP contribution >= 0.6 is 35.0 Å². The summed E-state index contributed by atoms with van der Waals surface area (Å²) in [5, 5.41) is 10.2. The topological polar surface area (TPSA) is 79.6 Å². The number of thioether (sulfide) groups is 1. The van der Waals surface area contributed by atoms with Gasteiger partial charge in [-0.1, -0.05) is 47.5 Å². The summed E-state index contributed by atoms with van der Waals surface area (Å²) in [7, 11) is 0. The van der Waals surface area contributed by atoms with Crippen LogP contribution in [0.5, 0.6) is 0 Å². The standard InChI is InChI=1S/C21H14Cl2N2O4S/c22-15-6-5-12(7-16(15)23)9-24-10-13(14-3-1-2-4-17(14)24)8-18-20(28)25(11-19(26)27)21(29)30-18/h1-8,10H,9,11H2,(H,26,27)/b18-8+. The van der Waals surface area contributed by atoms with E-state index in [0.29, 0.717) is 16.6 Å². The van der Waals surface area contributed by atoms with Gasteiger partial charge in [-0.3, -0.25) is 19.3 Å². The summed E-state index contributed by atoms with van der Waals surface area (Å²) in [5.74, 6) is -1.84. The van der Waals surface area contributed by atoms with Crippen LogP contribution in [-0.2, 0) is 16.1 Å². The number of carboxylic acids is 1. The van der Waals surface area contributed by atoms with Crippen molar-refractivity contribution in [3.63, 3.8) is 0 Å². The smallest absolute Gasteiger partial charge is 0.323 e. The minimum atomic E-state index is -1.24. The minimum Gasteiger partial charge on any atom is -0.480 e. The number of amides is 2. The number of carbonyl (C=O) groups is 3. The third kappa shape index (κ3) is 3.96. The molecule has 3 aromatic rings. The maximum atomic E-state index is 12.5. The number of aliphatic carboxylic acids is 1. The van der Waals surface area contributed by atoms with Crippen LogP contribution in [0.25, 0.3) is 17.0 Å². The lowest BCUT2D eigenvalue weighted by molar-refractivity contribution is -0.140. The second-order valence-electron chi connectivity index (χ2n) is 6.64. The number of hydrogen-bond donors (Lipinski definition) is 1. The normalized spacial score (nSPS) is 15.5. The number of aromatic nitrogens is 1. The molecule has 9 heteroatoms. The van der Waals surface area contributed by atoms with Gasteiger partial charge in [0.05, 0.1) is 15.0 Å². The zero-order valence-electron chi connectivity index (χ0n) is 15.3. The highest BCUT2D eigenvalue weighted by molar-refractivity contribution is 8.18. The maximum absolute atomic E-state index is 12.5. The van der Waals surface area contributed by atoms with Gasteiger partial charge in [-0.2, -0.15) is 0 Å². The fourth-order valence-corrected chi connectivity index (χ4v) is 4.42. The molecule has 1 N–H and O–H groups in total. The molecule has 0 aliphatic carbocycles. The molecule has 1 aliphatic heterocycles. The van der Waals surface area contributed by atoms with Gasteiger partial charge in [0.1, 0.15) is 6.54 Å². The molecule has 2 aromatic carbocycles. The lowest BCUT2D eigenvalue weighted by Gasteiger charge is -2.07. The van der Waals surface area contributed by atoms with Gasteiger partial charge in [0, 0.05) is 29.2 Å². The molecular weight excluding hydrogens is 447 g/mol. The van der Waals surface area contributed by atoms with Crippen molar-refractivity contribution in [2.45, 2.75) is 6.54 Å². The summed E-state index contributed by atoms with van der Waals surface area (Å²) in [6.07, 6.45) is 3.51. The SMILES string of the molecule is O=C(O)CN1C(=O)S/C(=C/c2cn(Cc3ccc(Cl)c(Cl)c3)c3ccccc23)C1=O. The average molecular weight is 461 g/mol. The van der Waals surface area contributed by atoms with Crippen LogP contribution in [0.3, 0.4) is 0 Å². The summed E-state index contributed by atoms with van der Waals surface area (Å²) in [5.41, 5.74) is 2.66. The van der Waals surface area contributed by atoms with Gasteiger partial charge in [0.2, 0.25) is 0 Å². The van der Waals surface area contributed by atoms with Gasteiger partial charge in [-0.15, -0.1) is 0 Å². The van der Waals surface area contributed by atoms with E-state index in [1.165, 1.54) is 0 Å². The average Bonchev–Trinajstić information content (AvgIpc) is 3.17. The predicted molar refractivity (Wildman–Crippen MR) is 118 cm³/mol. The van der Waals surface area contributed by atoms with Crippen molar-refractivity contribution in [3.8, 4) is 0 Å². The Labute approximate surface area is 185 Å². The van der Waals surface area contributed by atoms with E-state index in [1.807, 2.05) is 41.1 Å². The van der Waals surface area contributed by atoms with E-state index in [9.17, 15) is 14.4 Å². The van der Waals surface area contributed by atoms with Gasteiger partial charge in [0.15, 0.2) is 0 Å². The Bertz CT molecular complexity index is 1230. The van der Waals surface area contributed by atoms with Crippen LogP contribution < -0.4 is 0 Å². The number of carbonyl (C=O) groups excluding carboxylic acids is 2. The van der Waals surface area contributed by atoms with Crippen LogP contribution in [-0.4, -0.2) is 38.2 Å². The van der Waals surface area contributed by atoms with E-state index in [2.05, 4.69) is 0 Å². The zero-order chi connectivity index (χ0) is 21.4. The fraction of sp³-hybridized carbons (Fsp3) is 0.0952. The number of benzene rings is 2. The van der Waals surface area contributed by atoms with Crippen molar-refractivity contribution in [1.29, 1.82) is 0 Å². The Morgan fingerprint density at radius 1 is 1.10 bits per heavy atom. The third-order valence-corrected chi connectivity index (χ3v) is 6.26. The molecule has 0 saturated carbocycles. The molecule has 2 amide bonds. The number of carboxylic acid groups (broad SMARTS) is 1.